The molecule has 0 N–H and O–H groups in total. The van der Waals surface area contributed by atoms with Crippen molar-refractivity contribution in [2.24, 2.45) is 0 Å². The Balaban J connectivity index is 2.17. The van der Waals surface area contributed by atoms with Gasteiger partial charge in [0.05, 0.1) is 7.11 Å². The van der Waals surface area contributed by atoms with Gasteiger partial charge in [-0.1, -0.05) is 6.92 Å². The van der Waals surface area contributed by atoms with Crippen LogP contribution in [0.3, 0.4) is 0 Å². The quantitative estimate of drug-likeness (QED) is 0.734. The molecular formula is C12H14O4. The molecule has 0 bridgehead atoms. The number of rotatable bonds is 3. The molecule has 0 amide bonds. The van der Waals surface area contributed by atoms with Crippen LogP contribution in [0.1, 0.15) is 25.0 Å². The van der Waals surface area contributed by atoms with Crippen molar-refractivity contribution in [3.05, 3.63) is 23.8 Å². The average Bonchev–Trinajstić information content (AvgIpc) is 2.71. The van der Waals surface area contributed by atoms with E-state index in [2.05, 4.69) is 0 Å². The normalized spacial score (nSPS) is 17.5. The predicted octanol–water partition coefficient (Wildman–Crippen LogP) is 2.08. The Morgan fingerprint density at radius 2 is 2.38 bits per heavy atom. The maximum atomic E-state index is 11.2. The minimum absolute atomic E-state index is 0.211. The van der Waals surface area contributed by atoms with E-state index in [1.165, 1.54) is 0 Å². The van der Waals surface area contributed by atoms with Crippen LogP contribution in [-0.2, 0) is 9.53 Å². The summed E-state index contributed by atoms with van der Waals surface area (Å²) in [6.07, 6.45) is 0.0930. The maximum Gasteiger partial charge on any atom is 0.306 e. The van der Waals surface area contributed by atoms with Crippen LogP contribution in [0.2, 0.25) is 0 Å². The highest BCUT2D eigenvalue weighted by Gasteiger charge is 2.27. The van der Waals surface area contributed by atoms with Gasteiger partial charge in [0.25, 0.3) is 0 Å². The molecule has 1 heterocycles. The summed E-state index contributed by atoms with van der Waals surface area (Å²) >= 11 is 0. The molecule has 4 heteroatoms. The van der Waals surface area contributed by atoms with E-state index >= 15 is 0 Å². The maximum absolute atomic E-state index is 11.2. The smallest absolute Gasteiger partial charge is 0.306 e. The highest BCUT2D eigenvalue weighted by Crippen LogP contribution is 2.37. The van der Waals surface area contributed by atoms with E-state index in [1.54, 1.807) is 20.1 Å². The topological polar surface area (TPSA) is 44.8 Å². The molecule has 1 aliphatic heterocycles. The van der Waals surface area contributed by atoms with Gasteiger partial charge in [-0.25, -0.2) is 0 Å². The summed E-state index contributed by atoms with van der Waals surface area (Å²) in [7, 11) is 1.60. The van der Waals surface area contributed by atoms with Crippen LogP contribution in [0.4, 0.5) is 0 Å². The molecule has 1 aromatic rings. The van der Waals surface area contributed by atoms with Gasteiger partial charge in [-0.05, 0) is 12.1 Å². The first-order valence-corrected chi connectivity index (χ1v) is 5.24. The zero-order valence-corrected chi connectivity index (χ0v) is 9.36. The Morgan fingerprint density at radius 3 is 3.06 bits per heavy atom. The lowest BCUT2D eigenvalue weighted by molar-refractivity contribution is -0.149. The van der Waals surface area contributed by atoms with Crippen LogP contribution < -0.4 is 9.47 Å². The highest BCUT2D eigenvalue weighted by molar-refractivity contribution is 5.69. The summed E-state index contributed by atoms with van der Waals surface area (Å²) in [4.78, 5) is 11.2. The summed E-state index contributed by atoms with van der Waals surface area (Å²) in [6, 6.07) is 5.50. The van der Waals surface area contributed by atoms with E-state index in [1.807, 2.05) is 12.1 Å². The van der Waals surface area contributed by atoms with Crippen molar-refractivity contribution >= 4 is 5.97 Å². The molecule has 1 aliphatic rings. The Bertz CT molecular complexity index is 400. The fraction of sp³-hybridized carbons (Fsp3) is 0.417. The average molecular weight is 222 g/mol. The largest absolute Gasteiger partial charge is 0.497 e. The van der Waals surface area contributed by atoms with Gasteiger partial charge >= 0.3 is 5.97 Å². The summed E-state index contributed by atoms with van der Waals surface area (Å²) < 4.78 is 15.8. The monoisotopic (exact) mass is 222 g/mol. The summed E-state index contributed by atoms with van der Waals surface area (Å²) in [5.74, 6) is 1.26. The standard InChI is InChI=1S/C12H14O4/c1-3-12(13)16-11-7-15-10-6-8(14-2)4-5-9(10)11/h4-6,11H,3,7H2,1-2H3. The molecule has 16 heavy (non-hydrogen) atoms. The predicted molar refractivity (Wildman–Crippen MR) is 57.6 cm³/mol. The SMILES string of the molecule is CCC(=O)OC1COc2cc(OC)ccc21. The third-order valence-corrected chi connectivity index (χ3v) is 2.52. The van der Waals surface area contributed by atoms with Crippen molar-refractivity contribution in [2.75, 3.05) is 13.7 Å². The van der Waals surface area contributed by atoms with Gasteiger partial charge in [-0.2, -0.15) is 0 Å². The van der Waals surface area contributed by atoms with E-state index in [-0.39, 0.29) is 12.1 Å². The van der Waals surface area contributed by atoms with Gasteiger partial charge in [-0.3, -0.25) is 4.79 Å². The van der Waals surface area contributed by atoms with Gasteiger partial charge in [0, 0.05) is 18.1 Å². The number of ether oxygens (including phenoxy) is 3. The van der Waals surface area contributed by atoms with E-state index < -0.39 is 0 Å². The number of carbonyl (C=O) groups is 1. The highest BCUT2D eigenvalue weighted by atomic mass is 16.6. The molecule has 86 valence electrons. The summed E-state index contributed by atoms with van der Waals surface area (Å²) in [6.45, 7) is 2.15. The summed E-state index contributed by atoms with van der Waals surface area (Å²) in [5, 5.41) is 0. The first-order chi connectivity index (χ1) is 7.74. The van der Waals surface area contributed by atoms with Gasteiger partial charge in [-0.15, -0.1) is 0 Å². The molecular weight excluding hydrogens is 208 g/mol. The lowest BCUT2D eigenvalue weighted by atomic mass is 10.1. The number of fused-ring (bicyclic) bond motifs is 1. The zero-order chi connectivity index (χ0) is 11.5. The number of esters is 1. The Labute approximate surface area is 94.1 Å². The summed E-state index contributed by atoms with van der Waals surface area (Å²) in [5.41, 5.74) is 0.905. The van der Waals surface area contributed by atoms with E-state index in [0.29, 0.717) is 13.0 Å². The molecule has 0 aliphatic carbocycles. The van der Waals surface area contributed by atoms with Gasteiger partial charge in [0.2, 0.25) is 0 Å². The number of hydrogen-bond acceptors (Lipinski definition) is 4. The van der Waals surface area contributed by atoms with Crippen molar-refractivity contribution in [3.63, 3.8) is 0 Å². The zero-order valence-electron chi connectivity index (χ0n) is 9.36. The van der Waals surface area contributed by atoms with Crippen molar-refractivity contribution < 1.29 is 19.0 Å². The number of hydrogen-bond donors (Lipinski definition) is 0. The van der Waals surface area contributed by atoms with Crippen LogP contribution in [0.15, 0.2) is 18.2 Å². The molecule has 0 spiro atoms. The molecule has 1 unspecified atom stereocenters. The molecule has 1 aromatic carbocycles. The van der Waals surface area contributed by atoms with Crippen molar-refractivity contribution in [1.29, 1.82) is 0 Å². The molecule has 0 aromatic heterocycles. The number of methoxy groups -OCH3 is 1. The molecule has 0 radical (unpaired) electrons. The molecule has 4 nitrogen and oxygen atoms in total. The second-order valence-corrected chi connectivity index (χ2v) is 3.55. The van der Waals surface area contributed by atoms with E-state index in [4.69, 9.17) is 14.2 Å². The van der Waals surface area contributed by atoms with Gasteiger partial charge < -0.3 is 14.2 Å². The Kier molecular flexibility index (Phi) is 2.99. The third kappa shape index (κ3) is 1.96. The number of benzene rings is 1. The fourth-order valence-electron chi connectivity index (χ4n) is 1.63. The lowest BCUT2D eigenvalue weighted by Crippen LogP contribution is -2.11. The minimum Gasteiger partial charge on any atom is -0.497 e. The van der Waals surface area contributed by atoms with Crippen molar-refractivity contribution in [2.45, 2.75) is 19.4 Å². The van der Waals surface area contributed by atoms with Crippen LogP contribution >= 0.6 is 0 Å². The van der Waals surface area contributed by atoms with Crippen LogP contribution in [0.25, 0.3) is 0 Å². The van der Waals surface area contributed by atoms with Crippen molar-refractivity contribution in [3.8, 4) is 11.5 Å². The first kappa shape index (κ1) is 10.8. The second kappa shape index (κ2) is 4.43. The van der Waals surface area contributed by atoms with Gasteiger partial charge in [0.1, 0.15) is 18.1 Å². The third-order valence-electron chi connectivity index (χ3n) is 2.52. The second-order valence-electron chi connectivity index (χ2n) is 3.55. The minimum atomic E-state index is -0.284. The van der Waals surface area contributed by atoms with Crippen LogP contribution in [0, 0.1) is 0 Å². The Hall–Kier alpha value is -1.71. The fourth-order valence-corrected chi connectivity index (χ4v) is 1.63. The first-order valence-electron chi connectivity index (χ1n) is 5.24. The lowest BCUT2D eigenvalue weighted by Gasteiger charge is -2.10. The van der Waals surface area contributed by atoms with Gasteiger partial charge in [0.15, 0.2) is 6.10 Å². The van der Waals surface area contributed by atoms with Crippen LogP contribution in [-0.4, -0.2) is 19.7 Å². The number of carbonyl (C=O) groups excluding carboxylic acids is 1. The van der Waals surface area contributed by atoms with E-state index in [9.17, 15) is 4.79 Å². The molecule has 0 saturated carbocycles. The molecule has 0 saturated heterocycles. The Morgan fingerprint density at radius 1 is 1.56 bits per heavy atom. The van der Waals surface area contributed by atoms with Crippen LogP contribution in [0.5, 0.6) is 11.5 Å². The molecule has 2 rings (SSSR count). The molecule has 1 atom stereocenters. The van der Waals surface area contributed by atoms with E-state index in [0.717, 1.165) is 17.1 Å². The molecule has 0 fully saturated rings. The van der Waals surface area contributed by atoms with Crippen molar-refractivity contribution in [1.82, 2.24) is 0 Å².